The van der Waals surface area contributed by atoms with Crippen LogP contribution in [0.2, 0.25) is 0 Å². The van der Waals surface area contributed by atoms with E-state index in [1.165, 1.54) is 31.3 Å². The van der Waals surface area contributed by atoms with Crippen LogP contribution >= 0.6 is 12.2 Å². The maximum atomic E-state index is 13.4. The van der Waals surface area contributed by atoms with Gasteiger partial charge in [0, 0.05) is 0 Å². The Hall–Kier alpha value is -4.44. The summed E-state index contributed by atoms with van der Waals surface area (Å²) in [7, 11) is 2.74. The molecule has 0 atom stereocenters. The van der Waals surface area contributed by atoms with Crippen LogP contribution in [0.5, 0.6) is 11.5 Å². The van der Waals surface area contributed by atoms with Gasteiger partial charge in [0.15, 0.2) is 16.6 Å². The van der Waals surface area contributed by atoms with Gasteiger partial charge in [-0.05, 0) is 73.6 Å². The van der Waals surface area contributed by atoms with Crippen LogP contribution in [0.15, 0.2) is 58.5 Å². The fourth-order valence-electron chi connectivity index (χ4n) is 3.81. The lowest BCUT2D eigenvalue weighted by Gasteiger charge is -2.30. The van der Waals surface area contributed by atoms with E-state index < -0.39 is 17.8 Å². The van der Waals surface area contributed by atoms with E-state index in [2.05, 4.69) is 10.1 Å². The fourth-order valence-corrected chi connectivity index (χ4v) is 4.08. The van der Waals surface area contributed by atoms with Gasteiger partial charge in [0.2, 0.25) is 5.76 Å². The third-order valence-corrected chi connectivity index (χ3v) is 5.90. The quantitative estimate of drug-likeness (QED) is 0.215. The number of amides is 2. The van der Waals surface area contributed by atoms with E-state index >= 15 is 0 Å². The molecule has 190 valence electrons. The van der Waals surface area contributed by atoms with Crippen LogP contribution in [0.25, 0.3) is 6.08 Å². The van der Waals surface area contributed by atoms with E-state index in [1.54, 1.807) is 30.3 Å². The van der Waals surface area contributed by atoms with Crippen molar-refractivity contribution in [1.82, 2.24) is 5.32 Å². The number of esters is 1. The number of methoxy groups -OCH3 is 2. The Morgan fingerprint density at radius 1 is 1.05 bits per heavy atom. The van der Waals surface area contributed by atoms with Gasteiger partial charge in [-0.3, -0.25) is 19.8 Å². The monoisotopic (exact) mass is 520 g/mol. The lowest BCUT2D eigenvalue weighted by atomic mass is 10.0. The Kier molecular flexibility index (Phi) is 7.40. The summed E-state index contributed by atoms with van der Waals surface area (Å²) >= 11 is 5.30. The van der Waals surface area contributed by atoms with Crippen molar-refractivity contribution in [1.29, 1.82) is 0 Å². The standard InChI is InChI=1S/C27H24N2O7S/c1-15-5-8-20(16(2)11-15)29-25(31)19(24(30)28-27(29)37)12-17-6-9-21(23(13-17)33-3)35-14-18-7-10-22(36-18)26(32)34-4/h5-13H,14H2,1-4H3,(H,28,30,37)/b19-12-. The van der Waals surface area contributed by atoms with Crippen LogP contribution < -0.4 is 19.7 Å². The molecule has 0 aliphatic carbocycles. The Morgan fingerprint density at radius 2 is 1.84 bits per heavy atom. The van der Waals surface area contributed by atoms with Crippen molar-refractivity contribution < 1.29 is 33.0 Å². The van der Waals surface area contributed by atoms with Gasteiger partial charge in [-0.2, -0.15) is 0 Å². The van der Waals surface area contributed by atoms with Crippen LogP contribution in [-0.2, 0) is 20.9 Å². The summed E-state index contributed by atoms with van der Waals surface area (Å²) in [5, 5.41) is 2.61. The number of furan rings is 1. The summed E-state index contributed by atoms with van der Waals surface area (Å²) in [5.41, 5.74) is 2.96. The van der Waals surface area contributed by atoms with Crippen LogP contribution in [0.1, 0.15) is 33.0 Å². The highest BCUT2D eigenvalue weighted by Crippen LogP contribution is 2.31. The van der Waals surface area contributed by atoms with Crippen LogP contribution in [0.4, 0.5) is 5.69 Å². The van der Waals surface area contributed by atoms with Crippen molar-refractivity contribution >= 4 is 46.9 Å². The van der Waals surface area contributed by atoms with Crippen molar-refractivity contribution in [2.45, 2.75) is 20.5 Å². The highest BCUT2D eigenvalue weighted by molar-refractivity contribution is 7.80. The SMILES string of the molecule is COC(=O)c1ccc(COc2ccc(/C=C3/C(=O)NC(=S)N(c4ccc(C)cc4C)C3=O)cc2OC)o1. The lowest BCUT2D eigenvalue weighted by Crippen LogP contribution is -2.54. The molecule has 1 aliphatic heterocycles. The largest absolute Gasteiger partial charge is 0.493 e. The first kappa shape index (κ1) is 25.6. The maximum Gasteiger partial charge on any atom is 0.373 e. The van der Waals surface area contributed by atoms with Crippen molar-refractivity contribution in [3.05, 3.63) is 82.3 Å². The topological polar surface area (TPSA) is 107 Å². The first-order valence-corrected chi connectivity index (χ1v) is 11.6. The molecule has 1 aliphatic rings. The molecular weight excluding hydrogens is 496 g/mol. The molecule has 1 N–H and O–H groups in total. The minimum absolute atomic E-state index is 0.0220. The summed E-state index contributed by atoms with van der Waals surface area (Å²) in [6.07, 6.45) is 1.47. The average molecular weight is 521 g/mol. The number of hydrogen-bond acceptors (Lipinski definition) is 8. The summed E-state index contributed by atoms with van der Waals surface area (Å²) < 4.78 is 21.2. The molecule has 1 aromatic heterocycles. The summed E-state index contributed by atoms with van der Waals surface area (Å²) in [6.45, 7) is 3.87. The molecule has 3 aromatic rings. The minimum Gasteiger partial charge on any atom is -0.493 e. The van der Waals surface area contributed by atoms with Crippen molar-refractivity contribution in [2.75, 3.05) is 19.1 Å². The Morgan fingerprint density at radius 3 is 2.54 bits per heavy atom. The maximum absolute atomic E-state index is 13.4. The fraction of sp³-hybridized carbons (Fsp3) is 0.185. The normalized spacial score (nSPS) is 14.5. The third-order valence-electron chi connectivity index (χ3n) is 5.61. The number of hydrogen-bond donors (Lipinski definition) is 1. The molecule has 37 heavy (non-hydrogen) atoms. The van der Waals surface area contributed by atoms with Gasteiger partial charge < -0.3 is 18.6 Å². The van der Waals surface area contributed by atoms with Gasteiger partial charge in [0.05, 0.1) is 19.9 Å². The van der Waals surface area contributed by atoms with Gasteiger partial charge in [0.1, 0.15) is 17.9 Å². The van der Waals surface area contributed by atoms with Crippen molar-refractivity contribution in [3.63, 3.8) is 0 Å². The van der Waals surface area contributed by atoms with Gasteiger partial charge in [-0.15, -0.1) is 0 Å². The van der Waals surface area contributed by atoms with E-state index in [0.29, 0.717) is 28.5 Å². The second kappa shape index (κ2) is 10.7. The summed E-state index contributed by atoms with van der Waals surface area (Å²) in [4.78, 5) is 38.9. The number of ether oxygens (including phenoxy) is 3. The number of benzene rings is 2. The molecule has 4 rings (SSSR count). The van der Waals surface area contributed by atoms with Gasteiger partial charge in [0.25, 0.3) is 11.8 Å². The van der Waals surface area contributed by atoms with E-state index in [-0.39, 0.29) is 23.1 Å². The second-order valence-corrected chi connectivity index (χ2v) is 8.59. The molecule has 1 saturated heterocycles. The highest BCUT2D eigenvalue weighted by Gasteiger charge is 2.35. The molecule has 1 fully saturated rings. The van der Waals surface area contributed by atoms with Gasteiger partial charge in [-0.25, -0.2) is 4.79 Å². The number of thiocarbonyl (C=S) groups is 1. The summed E-state index contributed by atoms with van der Waals surface area (Å²) in [6, 6.07) is 13.7. The first-order valence-electron chi connectivity index (χ1n) is 11.2. The number of nitrogens with one attached hydrogen (secondary N) is 1. The molecule has 2 amide bonds. The smallest absolute Gasteiger partial charge is 0.373 e. The number of nitrogens with zero attached hydrogens (tertiary/aromatic N) is 1. The molecule has 0 saturated carbocycles. The predicted molar refractivity (Wildman–Crippen MR) is 139 cm³/mol. The Bertz CT molecular complexity index is 1440. The minimum atomic E-state index is -0.588. The molecule has 0 unspecified atom stereocenters. The zero-order valence-electron chi connectivity index (χ0n) is 20.6. The zero-order valence-corrected chi connectivity index (χ0v) is 21.4. The molecule has 2 aromatic carbocycles. The van der Waals surface area contributed by atoms with E-state index in [0.717, 1.165) is 11.1 Å². The van der Waals surface area contributed by atoms with E-state index in [9.17, 15) is 14.4 Å². The Balaban J connectivity index is 1.57. The highest BCUT2D eigenvalue weighted by atomic mass is 32.1. The van der Waals surface area contributed by atoms with Crippen molar-refractivity contribution in [2.24, 2.45) is 0 Å². The second-order valence-electron chi connectivity index (χ2n) is 8.20. The zero-order chi connectivity index (χ0) is 26.7. The number of carbonyl (C=O) groups excluding carboxylic acids is 3. The molecule has 10 heteroatoms. The Labute approximate surface area is 218 Å². The van der Waals surface area contributed by atoms with Crippen molar-refractivity contribution in [3.8, 4) is 11.5 Å². The van der Waals surface area contributed by atoms with Gasteiger partial charge >= 0.3 is 5.97 Å². The van der Waals surface area contributed by atoms with E-state index in [1.807, 2.05) is 26.0 Å². The molecule has 0 radical (unpaired) electrons. The lowest BCUT2D eigenvalue weighted by molar-refractivity contribution is -0.122. The summed E-state index contributed by atoms with van der Waals surface area (Å²) in [5.74, 6) is -0.439. The molecule has 0 spiro atoms. The predicted octanol–water partition coefficient (Wildman–Crippen LogP) is 4.10. The molecule has 2 heterocycles. The molecular formula is C27H24N2O7S. The van der Waals surface area contributed by atoms with Crippen LogP contribution in [0, 0.1) is 13.8 Å². The molecule has 0 bridgehead atoms. The number of anilines is 1. The van der Waals surface area contributed by atoms with E-state index in [4.69, 9.17) is 26.1 Å². The van der Waals surface area contributed by atoms with Gasteiger partial charge in [-0.1, -0.05) is 23.8 Å². The number of carbonyl (C=O) groups is 3. The molecule has 9 nitrogen and oxygen atoms in total. The number of rotatable bonds is 7. The van der Waals surface area contributed by atoms with Crippen LogP contribution in [0.3, 0.4) is 0 Å². The van der Waals surface area contributed by atoms with Crippen LogP contribution in [-0.4, -0.2) is 37.1 Å². The number of aryl methyl sites for hydroxylation is 2. The average Bonchev–Trinajstić information content (AvgIpc) is 3.35. The first-order chi connectivity index (χ1) is 17.7. The third kappa shape index (κ3) is 5.39.